The highest BCUT2D eigenvalue weighted by Gasteiger charge is 2.24. The zero-order valence-electron chi connectivity index (χ0n) is 50.5. The molecule has 17 rings (SSSR count). The van der Waals surface area contributed by atoms with Gasteiger partial charge in [0, 0.05) is 32.7 Å². The second-order valence-corrected chi connectivity index (χ2v) is 23.9. The summed E-state index contributed by atoms with van der Waals surface area (Å²) in [5.41, 5.74) is 30.3. The number of aromatic nitrogens is 2. The molecule has 0 N–H and O–H groups in total. The van der Waals surface area contributed by atoms with E-state index in [0.717, 1.165) is 55.7 Å². The van der Waals surface area contributed by atoms with Gasteiger partial charge >= 0.3 is 0 Å². The van der Waals surface area contributed by atoms with Gasteiger partial charge in [-0.15, -0.1) is 0 Å². The van der Waals surface area contributed by atoms with Gasteiger partial charge in [0.25, 0.3) is 0 Å². The van der Waals surface area contributed by atoms with E-state index < -0.39 is 0 Å². The van der Waals surface area contributed by atoms with Crippen molar-refractivity contribution in [3.8, 4) is 123 Å². The Balaban J connectivity index is 0.916. The van der Waals surface area contributed by atoms with Crippen molar-refractivity contribution < 1.29 is 0 Å². The molecule has 0 saturated carbocycles. The van der Waals surface area contributed by atoms with Gasteiger partial charge in [0.2, 0.25) is 0 Å². The van der Waals surface area contributed by atoms with E-state index in [0.29, 0.717) is 0 Å². The smallest absolute Gasteiger partial charge is 0.0547 e. The summed E-state index contributed by atoms with van der Waals surface area (Å²) in [6.07, 6.45) is 0. The highest BCUT2D eigenvalue weighted by molar-refractivity contribution is 6.15. The molecule has 0 aliphatic carbocycles. The van der Waals surface area contributed by atoms with Gasteiger partial charge in [-0.2, -0.15) is 0 Å². The maximum atomic E-state index is 2.54. The Kier molecular flexibility index (Phi) is 13.6. The van der Waals surface area contributed by atoms with Crippen molar-refractivity contribution in [2.24, 2.45) is 0 Å². The molecule has 0 aliphatic rings. The number of hydrogen-bond acceptors (Lipinski definition) is 0. The molecule has 0 unspecified atom stereocenters. The highest BCUT2D eigenvalue weighted by Crippen LogP contribution is 2.47. The molecule has 0 fully saturated rings. The first-order valence-electron chi connectivity index (χ1n) is 31.7. The second-order valence-electron chi connectivity index (χ2n) is 23.9. The van der Waals surface area contributed by atoms with Gasteiger partial charge < -0.3 is 9.13 Å². The van der Waals surface area contributed by atoms with Gasteiger partial charge in [-0.3, -0.25) is 0 Å². The van der Waals surface area contributed by atoms with E-state index in [9.17, 15) is 0 Å². The van der Waals surface area contributed by atoms with Crippen LogP contribution in [0.5, 0.6) is 0 Å². The molecule has 0 amide bonds. The van der Waals surface area contributed by atoms with Crippen molar-refractivity contribution in [1.29, 1.82) is 0 Å². The number of rotatable bonds is 12. The lowest BCUT2D eigenvalue weighted by Crippen LogP contribution is -2.02. The molecule has 92 heavy (non-hydrogen) atoms. The third-order valence-corrected chi connectivity index (χ3v) is 18.6. The molecule has 0 spiro atoms. The van der Waals surface area contributed by atoms with Crippen LogP contribution in [0.2, 0.25) is 0 Å². The summed E-state index contributed by atoms with van der Waals surface area (Å²) in [4.78, 5) is 0. The van der Waals surface area contributed by atoms with Crippen LogP contribution in [0.1, 0.15) is 0 Å². The summed E-state index contributed by atoms with van der Waals surface area (Å²) in [6, 6.07) is 134. The molecule has 2 aromatic heterocycles. The van der Waals surface area contributed by atoms with Crippen LogP contribution in [-0.2, 0) is 0 Å². The molecule has 0 saturated heterocycles. The minimum atomic E-state index is 1.09. The molecule has 2 heteroatoms. The first kappa shape index (κ1) is 54.1. The van der Waals surface area contributed by atoms with Crippen molar-refractivity contribution in [3.05, 3.63) is 364 Å². The van der Waals surface area contributed by atoms with Crippen LogP contribution in [-0.4, -0.2) is 9.13 Å². The van der Waals surface area contributed by atoms with Gasteiger partial charge in [0.1, 0.15) is 0 Å². The molecule has 0 atom stereocenters. The minimum Gasteiger partial charge on any atom is -0.309 e. The Hall–Kier alpha value is -12.1. The molecule has 17 aromatic rings. The average molecular weight is 1170 g/mol. The fraction of sp³-hybridized carbons (Fsp3) is 0. The largest absolute Gasteiger partial charge is 0.309 e. The Morgan fingerprint density at radius 3 is 0.674 bits per heavy atom. The Labute approximate surface area is 536 Å². The number of para-hydroxylation sites is 1. The van der Waals surface area contributed by atoms with Crippen LogP contribution >= 0.6 is 0 Å². The first-order valence-corrected chi connectivity index (χ1v) is 31.7. The number of nitrogens with zero attached hydrogens (tertiary/aromatic N) is 2. The van der Waals surface area contributed by atoms with Crippen LogP contribution in [0.4, 0.5) is 0 Å². The quantitative estimate of drug-likeness (QED) is 0.115. The molecule has 0 bridgehead atoms. The highest BCUT2D eigenvalue weighted by atomic mass is 15.0. The van der Waals surface area contributed by atoms with E-state index in [1.54, 1.807) is 0 Å². The van der Waals surface area contributed by atoms with E-state index in [2.05, 4.69) is 373 Å². The van der Waals surface area contributed by atoms with E-state index >= 15 is 0 Å². The lowest BCUT2D eigenvalue weighted by Gasteiger charge is -2.20. The fourth-order valence-electron chi connectivity index (χ4n) is 14.3. The van der Waals surface area contributed by atoms with Gasteiger partial charge in [0.15, 0.2) is 0 Å². The van der Waals surface area contributed by atoms with Crippen LogP contribution in [0.25, 0.3) is 166 Å². The van der Waals surface area contributed by atoms with Gasteiger partial charge in [-0.1, -0.05) is 303 Å². The maximum Gasteiger partial charge on any atom is 0.0547 e. The number of benzene rings is 15. The van der Waals surface area contributed by atoms with Crippen molar-refractivity contribution >= 4 is 43.6 Å². The molecular formula is C90H60N2. The van der Waals surface area contributed by atoms with Gasteiger partial charge in [-0.25, -0.2) is 0 Å². The number of fused-ring (bicyclic) bond motifs is 6. The summed E-state index contributed by atoms with van der Waals surface area (Å²) in [6.45, 7) is 0. The zero-order chi connectivity index (χ0) is 60.9. The van der Waals surface area contributed by atoms with Gasteiger partial charge in [0.05, 0.1) is 33.4 Å². The fourth-order valence-corrected chi connectivity index (χ4v) is 14.3. The topological polar surface area (TPSA) is 9.86 Å². The van der Waals surface area contributed by atoms with Crippen molar-refractivity contribution in [3.63, 3.8) is 0 Å². The maximum absolute atomic E-state index is 2.54. The van der Waals surface area contributed by atoms with E-state index in [1.165, 1.54) is 111 Å². The first-order chi connectivity index (χ1) is 45.7. The molecule has 0 aliphatic heterocycles. The third kappa shape index (κ3) is 9.53. The third-order valence-electron chi connectivity index (χ3n) is 18.6. The predicted octanol–water partition coefficient (Wildman–Crippen LogP) is 24.6. The monoisotopic (exact) mass is 1170 g/mol. The minimum absolute atomic E-state index is 1.09. The summed E-state index contributed by atoms with van der Waals surface area (Å²) in [7, 11) is 0. The second kappa shape index (κ2) is 23.1. The predicted molar refractivity (Wildman–Crippen MR) is 389 cm³/mol. The normalized spacial score (nSPS) is 11.5. The molecular weight excluding hydrogens is 1110 g/mol. The molecule has 15 aromatic carbocycles. The molecule has 430 valence electrons. The van der Waals surface area contributed by atoms with E-state index in [1.807, 2.05) is 0 Å². The SMILES string of the molecule is c1ccc(-c2ccc(-c3ccccc3-n3c4ccc(-c5ccccc5-c5ccccc5)cc4c4cc(-c5ccccc5-c5ccccc5)ccc43)c(-n3c4ccc(-c5ccccc5-c5ccccc5)cc4c4cc(-c5ccccc5-c5ccccc5)ccc43)c2)cc1. The number of hydrogen-bond donors (Lipinski definition) is 0. The van der Waals surface area contributed by atoms with E-state index in [4.69, 9.17) is 0 Å². The average Bonchev–Trinajstić information content (AvgIpc) is 1.57. The van der Waals surface area contributed by atoms with Crippen LogP contribution < -0.4 is 0 Å². The molecule has 0 radical (unpaired) electrons. The van der Waals surface area contributed by atoms with Crippen molar-refractivity contribution in [2.75, 3.05) is 0 Å². The summed E-state index contributed by atoms with van der Waals surface area (Å²) < 4.78 is 5.06. The Morgan fingerprint density at radius 2 is 0.359 bits per heavy atom. The summed E-state index contributed by atoms with van der Waals surface area (Å²) >= 11 is 0. The summed E-state index contributed by atoms with van der Waals surface area (Å²) in [5.74, 6) is 0. The van der Waals surface area contributed by atoms with E-state index in [-0.39, 0.29) is 0 Å². The van der Waals surface area contributed by atoms with Gasteiger partial charge in [-0.05, 0) is 161 Å². The van der Waals surface area contributed by atoms with Crippen LogP contribution in [0.15, 0.2) is 364 Å². The Bertz CT molecular complexity index is 5320. The standard InChI is InChI=1S/C90H60N2/c1-6-26-61(27-7-1)66-46-51-80(90(60-66)92-88-54-49-69(77-42-22-18-38-73(77)64-32-12-4-13-33-64)58-83(88)84-59-70(50-55-89(84)92)78-43-23-19-39-74(78)65-34-14-5-15-35-65)79-44-24-25-45-85(79)91-86-52-47-67(75-40-20-16-36-71(75)62-28-8-2-9-29-62)56-81(86)82-57-68(48-53-87(82)91)76-41-21-17-37-72(76)63-30-10-3-11-31-63/h1-60H. The summed E-state index contributed by atoms with van der Waals surface area (Å²) in [5, 5.41) is 4.73. The molecule has 2 heterocycles. The zero-order valence-corrected chi connectivity index (χ0v) is 50.5. The molecule has 2 nitrogen and oxygen atoms in total. The lowest BCUT2D eigenvalue weighted by atomic mass is 9.92. The lowest BCUT2D eigenvalue weighted by molar-refractivity contribution is 1.16. The van der Waals surface area contributed by atoms with Crippen molar-refractivity contribution in [1.82, 2.24) is 9.13 Å². The van der Waals surface area contributed by atoms with Crippen LogP contribution in [0.3, 0.4) is 0 Å². The van der Waals surface area contributed by atoms with Crippen molar-refractivity contribution in [2.45, 2.75) is 0 Å². The Morgan fingerprint density at radius 1 is 0.130 bits per heavy atom. The van der Waals surface area contributed by atoms with Crippen LogP contribution in [0, 0.1) is 0 Å².